The molecular formula is C16H18N2O3. The second-order valence-electron chi connectivity index (χ2n) is 4.46. The number of carbonyl (C=O) groups excluding carboxylic acids is 1. The van der Waals surface area contributed by atoms with E-state index in [0.717, 1.165) is 5.56 Å². The molecule has 0 aliphatic rings. The summed E-state index contributed by atoms with van der Waals surface area (Å²) in [7, 11) is 1.61. The quantitative estimate of drug-likeness (QED) is 0.800. The minimum absolute atomic E-state index is 0.102. The molecule has 0 radical (unpaired) electrons. The van der Waals surface area contributed by atoms with Crippen molar-refractivity contribution in [2.24, 2.45) is 0 Å². The number of hydrogen-bond donors (Lipinski definition) is 2. The van der Waals surface area contributed by atoms with Gasteiger partial charge in [-0.2, -0.15) is 0 Å². The van der Waals surface area contributed by atoms with Crippen molar-refractivity contribution < 1.29 is 14.3 Å². The summed E-state index contributed by atoms with van der Waals surface area (Å²) in [6.07, 6.45) is 0. The first-order chi connectivity index (χ1) is 10.2. The van der Waals surface area contributed by atoms with Gasteiger partial charge in [-0.05, 0) is 18.2 Å². The number of nitrogen functional groups attached to an aromatic ring is 1. The molecule has 0 aliphatic carbocycles. The molecule has 0 saturated carbocycles. The molecule has 5 heteroatoms. The fourth-order valence-corrected chi connectivity index (χ4v) is 1.87. The fourth-order valence-electron chi connectivity index (χ4n) is 1.87. The first kappa shape index (κ1) is 14.9. The average Bonchev–Trinajstić information content (AvgIpc) is 2.49. The summed E-state index contributed by atoms with van der Waals surface area (Å²) in [4.78, 5) is 11.9. The van der Waals surface area contributed by atoms with E-state index >= 15 is 0 Å². The number of anilines is 2. The fraction of sp³-hybridized carbons (Fsp3) is 0.188. The van der Waals surface area contributed by atoms with Crippen LogP contribution in [-0.2, 0) is 16.1 Å². The van der Waals surface area contributed by atoms with Crippen LogP contribution in [0.4, 0.5) is 11.4 Å². The van der Waals surface area contributed by atoms with Crippen LogP contribution in [0.2, 0.25) is 0 Å². The van der Waals surface area contributed by atoms with Crippen molar-refractivity contribution in [1.82, 2.24) is 0 Å². The van der Waals surface area contributed by atoms with Crippen LogP contribution in [-0.4, -0.2) is 19.6 Å². The zero-order valence-corrected chi connectivity index (χ0v) is 11.8. The third kappa shape index (κ3) is 4.22. The van der Waals surface area contributed by atoms with Crippen molar-refractivity contribution in [3.05, 3.63) is 54.1 Å². The maximum Gasteiger partial charge on any atom is 0.262 e. The molecule has 1 amide bonds. The standard InChI is InChI=1S/C16H18N2O3/c1-20-10-12-6-2-4-8-14(12)18-16(19)11-21-15-9-5-3-7-13(15)17/h2-9H,10-11,17H2,1H3,(H,18,19). The van der Waals surface area contributed by atoms with E-state index in [2.05, 4.69) is 5.32 Å². The van der Waals surface area contributed by atoms with E-state index in [9.17, 15) is 4.79 Å². The van der Waals surface area contributed by atoms with Crippen molar-refractivity contribution in [2.45, 2.75) is 6.61 Å². The van der Waals surface area contributed by atoms with Crippen LogP contribution in [0.1, 0.15) is 5.56 Å². The zero-order valence-electron chi connectivity index (χ0n) is 11.8. The topological polar surface area (TPSA) is 73.6 Å². The van der Waals surface area contributed by atoms with Gasteiger partial charge in [-0.15, -0.1) is 0 Å². The SMILES string of the molecule is COCc1ccccc1NC(=O)COc1ccccc1N. The predicted octanol–water partition coefficient (Wildman–Crippen LogP) is 2.43. The van der Waals surface area contributed by atoms with Crippen molar-refractivity contribution in [3.8, 4) is 5.75 Å². The van der Waals surface area contributed by atoms with Crippen molar-refractivity contribution in [3.63, 3.8) is 0 Å². The number of amides is 1. The Balaban J connectivity index is 1.95. The molecular weight excluding hydrogens is 268 g/mol. The molecule has 0 heterocycles. The number of ether oxygens (including phenoxy) is 2. The smallest absolute Gasteiger partial charge is 0.262 e. The lowest BCUT2D eigenvalue weighted by Gasteiger charge is -2.12. The van der Waals surface area contributed by atoms with Crippen LogP contribution in [0.5, 0.6) is 5.75 Å². The molecule has 0 spiro atoms. The van der Waals surface area contributed by atoms with Crippen LogP contribution >= 0.6 is 0 Å². The van der Waals surface area contributed by atoms with Gasteiger partial charge in [0, 0.05) is 18.4 Å². The van der Waals surface area contributed by atoms with Crippen LogP contribution in [0.15, 0.2) is 48.5 Å². The summed E-state index contributed by atoms with van der Waals surface area (Å²) in [5.41, 5.74) is 7.88. The maximum absolute atomic E-state index is 11.9. The van der Waals surface area contributed by atoms with Gasteiger partial charge in [0.1, 0.15) is 5.75 Å². The van der Waals surface area contributed by atoms with Crippen molar-refractivity contribution in [1.29, 1.82) is 0 Å². The van der Waals surface area contributed by atoms with Gasteiger partial charge in [0.2, 0.25) is 0 Å². The summed E-state index contributed by atoms with van der Waals surface area (Å²) < 4.78 is 10.5. The number of benzene rings is 2. The average molecular weight is 286 g/mol. The van der Waals surface area contributed by atoms with E-state index < -0.39 is 0 Å². The Morgan fingerprint density at radius 2 is 1.86 bits per heavy atom. The number of hydrogen-bond acceptors (Lipinski definition) is 4. The van der Waals surface area contributed by atoms with Gasteiger partial charge in [-0.25, -0.2) is 0 Å². The number of nitrogens with two attached hydrogens (primary N) is 1. The van der Waals surface area contributed by atoms with Gasteiger partial charge in [0.15, 0.2) is 6.61 Å². The molecule has 2 aromatic carbocycles. The monoisotopic (exact) mass is 286 g/mol. The second kappa shape index (κ2) is 7.31. The molecule has 0 fully saturated rings. The van der Waals surface area contributed by atoms with E-state index in [-0.39, 0.29) is 12.5 Å². The van der Waals surface area contributed by atoms with E-state index in [4.69, 9.17) is 15.2 Å². The number of carbonyl (C=O) groups is 1. The Kier molecular flexibility index (Phi) is 5.17. The number of nitrogens with one attached hydrogen (secondary N) is 1. The van der Waals surface area contributed by atoms with E-state index in [1.165, 1.54) is 0 Å². The molecule has 0 unspecified atom stereocenters. The van der Waals surface area contributed by atoms with E-state index in [1.807, 2.05) is 30.3 Å². The first-order valence-electron chi connectivity index (χ1n) is 6.54. The molecule has 2 aromatic rings. The minimum atomic E-state index is -0.248. The first-order valence-corrected chi connectivity index (χ1v) is 6.54. The third-order valence-electron chi connectivity index (χ3n) is 2.87. The van der Waals surface area contributed by atoms with Gasteiger partial charge in [0.25, 0.3) is 5.91 Å². The number of rotatable bonds is 6. The highest BCUT2D eigenvalue weighted by atomic mass is 16.5. The Morgan fingerprint density at radius 1 is 1.14 bits per heavy atom. The zero-order chi connectivity index (χ0) is 15.1. The molecule has 0 atom stereocenters. The lowest BCUT2D eigenvalue weighted by molar-refractivity contribution is -0.118. The summed E-state index contributed by atoms with van der Waals surface area (Å²) in [5, 5.41) is 2.80. The van der Waals surface area contributed by atoms with Gasteiger partial charge < -0.3 is 20.5 Å². The maximum atomic E-state index is 11.9. The molecule has 0 saturated heterocycles. The predicted molar refractivity (Wildman–Crippen MR) is 82.1 cm³/mol. The van der Waals surface area contributed by atoms with Crippen LogP contribution < -0.4 is 15.8 Å². The second-order valence-corrected chi connectivity index (χ2v) is 4.46. The summed E-state index contributed by atoms with van der Waals surface area (Å²) in [6, 6.07) is 14.5. The molecule has 5 nitrogen and oxygen atoms in total. The molecule has 0 aromatic heterocycles. The Labute approximate surface area is 123 Å². The lowest BCUT2D eigenvalue weighted by Crippen LogP contribution is -2.21. The van der Waals surface area contributed by atoms with Gasteiger partial charge >= 0.3 is 0 Å². The summed E-state index contributed by atoms with van der Waals surface area (Å²) >= 11 is 0. The number of methoxy groups -OCH3 is 1. The normalized spacial score (nSPS) is 10.1. The third-order valence-corrected chi connectivity index (χ3v) is 2.87. The molecule has 2 rings (SSSR count). The Bertz CT molecular complexity index is 614. The van der Waals surface area contributed by atoms with Crippen LogP contribution in [0, 0.1) is 0 Å². The lowest BCUT2D eigenvalue weighted by atomic mass is 10.2. The molecule has 0 aliphatic heterocycles. The van der Waals surface area contributed by atoms with Crippen molar-refractivity contribution >= 4 is 17.3 Å². The number of para-hydroxylation sites is 3. The Morgan fingerprint density at radius 3 is 2.62 bits per heavy atom. The van der Waals surface area contributed by atoms with Gasteiger partial charge in [0.05, 0.1) is 12.3 Å². The Hall–Kier alpha value is -2.53. The molecule has 0 bridgehead atoms. The summed E-state index contributed by atoms with van der Waals surface area (Å²) in [6.45, 7) is 0.332. The van der Waals surface area contributed by atoms with E-state index in [0.29, 0.717) is 23.7 Å². The highest BCUT2D eigenvalue weighted by Gasteiger charge is 2.08. The largest absolute Gasteiger partial charge is 0.482 e. The minimum Gasteiger partial charge on any atom is -0.482 e. The van der Waals surface area contributed by atoms with Crippen LogP contribution in [0.3, 0.4) is 0 Å². The molecule has 3 N–H and O–H groups in total. The highest BCUT2D eigenvalue weighted by molar-refractivity contribution is 5.92. The highest BCUT2D eigenvalue weighted by Crippen LogP contribution is 2.20. The molecule has 21 heavy (non-hydrogen) atoms. The van der Waals surface area contributed by atoms with Gasteiger partial charge in [-0.3, -0.25) is 4.79 Å². The van der Waals surface area contributed by atoms with Crippen LogP contribution in [0.25, 0.3) is 0 Å². The molecule has 110 valence electrons. The van der Waals surface area contributed by atoms with E-state index in [1.54, 1.807) is 25.3 Å². The van der Waals surface area contributed by atoms with Gasteiger partial charge in [-0.1, -0.05) is 30.3 Å². The summed E-state index contributed by atoms with van der Waals surface area (Å²) in [5.74, 6) is 0.250. The van der Waals surface area contributed by atoms with Crippen molar-refractivity contribution in [2.75, 3.05) is 24.8 Å².